The second kappa shape index (κ2) is 20.0. The number of rotatable bonds is 12. The molecule has 15 heteroatoms. The Hall–Kier alpha value is -6.87. The lowest BCUT2D eigenvalue weighted by Gasteiger charge is -2.28. The van der Waals surface area contributed by atoms with Gasteiger partial charge in [0.1, 0.15) is 34.6 Å². The summed E-state index contributed by atoms with van der Waals surface area (Å²) in [7, 11) is 0. The molecule has 0 aliphatic rings. The van der Waals surface area contributed by atoms with Crippen molar-refractivity contribution in [1.82, 2.24) is 19.1 Å². The summed E-state index contributed by atoms with van der Waals surface area (Å²) in [6.45, 7) is 14.8. The molecule has 0 fully saturated rings. The maximum absolute atomic E-state index is 15.2. The molecule has 0 radical (unpaired) electrons. The van der Waals surface area contributed by atoms with Gasteiger partial charge in [0.25, 0.3) is 0 Å². The minimum atomic E-state index is -1.38. The molecule has 0 amide bonds. The maximum Gasteiger partial charge on any atom is 0.337 e. The summed E-state index contributed by atoms with van der Waals surface area (Å²) < 4.78 is 72.6. The Morgan fingerprint density at radius 2 is 1.00 bits per heavy atom. The number of aliphatic carboxylic acids is 2. The van der Waals surface area contributed by atoms with Gasteiger partial charge < -0.3 is 28.8 Å². The molecule has 69 heavy (non-hydrogen) atoms. The second-order valence-corrected chi connectivity index (χ2v) is 19.0. The Bertz CT molecular complexity index is 3190. The van der Waals surface area contributed by atoms with Gasteiger partial charge in [0.15, 0.2) is 12.2 Å². The van der Waals surface area contributed by atoms with E-state index in [4.69, 9.17) is 31.0 Å². The lowest BCUT2D eigenvalue weighted by molar-refractivity contribution is -0.161. The first-order valence-corrected chi connectivity index (χ1v) is 22.4. The molecule has 10 nitrogen and oxygen atoms in total. The van der Waals surface area contributed by atoms with Gasteiger partial charge in [-0.3, -0.25) is 0 Å². The van der Waals surface area contributed by atoms with E-state index >= 15 is 8.78 Å². The minimum absolute atomic E-state index is 0.197. The van der Waals surface area contributed by atoms with Gasteiger partial charge in [-0.15, -0.1) is 0 Å². The Morgan fingerprint density at radius 1 is 0.594 bits per heavy atom. The number of aryl methyl sites for hydroxylation is 2. The van der Waals surface area contributed by atoms with E-state index in [1.54, 1.807) is 122 Å². The molecule has 2 atom stereocenters. The zero-order valence-corrected chi connectivity index (χ0v) is 40.0. The van der Waals surface area contributed by atoms with Crippen molar-refractivity contribution in [2.75, 3.05) is 0 Å². The van der Waals surface area contributed by atoms with E-state index in [0.717, 1.165) is 11.1 Å². The van der Waals surface area contributed by atoms with Gasteiger partial charge in [0, 0.05) is 86.0 Å². The van der Waals surface area contributed by atoms with E-state index in [-0.39, 0.29) is 33.3 Å². The summed E-state index contributed by atoms with van der Waals surface area (Å²) in [5.74, 6) is -4.09. The van der Waals surface area contributed by atoms with Gasteiger partial charge in [-0.1, -0.05) is 54.1 Å². The van der Waals surface area contributed by atoms with Crippen molar-refractivity contribution in [3.05, 3.63) is 177 Å². The number of benzene rings is 4. The Balaban J connectivity index is 0.000000204. The van der Waals surface area contributed by atoms with Gasteiger partial charge in [-0.05, 0) is 127 Å². The topological polar surface area (TPSA) is 129 Å². The van der Waals surface area contributed by atoms with Crippen LogP contribution in [0.4, 0.5) is 17.6 Å². The third kappa shape index (κ3) is 11.4. The summed E-state index contributed by atoms with van der Waals surface area (Å²) in [5.41, 5.74) is 4.02. The van der Waals surface area contributed by atoms with Crippen LogP contribution in [0.5, 0.6) is 0 Å². The van der Waals surface area contributed by atoms with Crippen LogP contribution in [0.25, 0.3) is 44.3 Å². The fourth-order valence-electron chi connectivity index (χ4n) is 8.24. The third-order valence-electron chi connectivity index (χ3n) is 11.1. The first-order valence-electron chi connectivity index (χ1n) is 22.0. The molecule has 8 aromatic rings. The average Bonchev–Trinajstić information content (AvgIpc) is 3.85. The lowest BCUT2D eigenvalue weighted by Crippen LogP contribution is -2.28. The van der Waals surface area contributed by atoms with Crippen LogP contribution >= 0.6 is 11.6 Å². The summed E-state index contributed by atoms with van der Waals surface area (Å²) in [5, 5.41) is 21.6. The fourth-order valence-corrected chi connectivity index (χ4v) is 8.40. The number of hydrogen-bond donors (Lipinski definition) is 2. The molecule has 0 spiro atoms. The molecular weight excluding hydrogens is 912 g/mol. The molecule has 4 aromatic carbocycles. The van der Waals surface area contributed by atoms with Crippen LogP contribution < -0.4 is 0 Å². The van der Waals surface area contributed by atoms with Crippen molar-refractivity contribution in [2.24, 2.45) is 0 Å². The van der Waals surface area contributed by atoms with Gasteiger partial charge in [-0.25, -0.2) is 37.1 Å². The van der Waals surface area contributed by atoms with Crippen LogP contribution in [0.1, 0.15) is 87.4 Å². The Morgan fingerprint density at radius 3 is 1.38 bits per heavy atom. The average molecular weight is 963 g/mol. The molecule has 2 unspecified atom stereocenters. The molecule has 4 heterocycles. The second-order valence-electron chi connectivity index (χ2n) is 18.6. The number of halogens is 5. The van der Waals surface area contributed by atoms with Crippen LogP contribution in [-0.4, -0.2) is 52.5 Å². The van der Waals surface area contributed by atoms with Crippen LogP contribution in [0.3, 0.4) is 0 Å². The number of carboxylic acids is 2. The number of nitrogens with zero attached hydrogens (tertiary/aromatic N) is 4. The highest BCUT2D eigenvalue weighted by molar-refractivity contribution is 6.30. The molecule has 358 valence electrons. The van der Waals surface area contributed by atoms with Gasteiger partial charge >= 0.3 is 11.9 Å². The molecule has 0 aliphatic carbocycles. The van der Waals surface area contributed by atoms with Crippen LogP contribution in [0.15, 0.2) is 116 Å². The Kier molecular flexibility index (Phi) is 14.5. The van der Waals surface area contributed by atoms with Crippen LogP contribution in [0.2, 0.25) is 5.02 Å². The van der Waals surface area contributed by atoms with Crippen molar-refractivity contribution in [3.8, 4) is 22.3 Å². The van der Waals surface area contributed by atoms with Crippen LogP contribution in [-0.2, 0) is 32.2 Å². The highest BCUT2D eigenvalue weighted by atomic mass is 35.5. The molecule has 0 saturated carbocycles. The lowest BCUT2D eigenvalue weighted by atomic mass is 9.92. The first kappa shape index (κ1) is 50.0. The van der Waals surface area contributed by atoms with Crippen molar-refractivity contribution < 1.29 is 46.8 Å². The van der Waals surface area contributed by atoms with Crippen molar-refractivity contribution in [3.63, 3.8) is 0 Å². The fraction of sp³-hybridized carbons (Fsp3) is 0.259. The smallest absolute Gasteiger partial charge is 0.337 e. The highest BCUT2D eigenvalue weighted by Gasteiger charge is 2.35. The number of ether oxygens (including phenoxy) is 2. The molecule has 0 aliphatic heterocycles. The number of pyridine rings is 2. The zero-order chi connectivity index (χ0) is 50.1. The summed E-state index contributed by atoms with van der Waals surface area (Å²) in [6.07, 6.45) is 0.890. The zero-order valence-electron chi connectivity index (χ0n) is 39.2. The normalized spacial score (nSPS) is 12.8. The summed E-state index contributed by atoms with van der Waals surface area (Å²) in [6, 6.07) is 26.4. The Labute approximate surface area is 401 Å². The number of hydrogen-bond acceptors (Lipinski definition) is 6. The minimum Gasteiger partial charge on any atom is -0.479 e. The van der Waals surface area contributed by atoms with E-state index in [2.05, 4.69) is 0 Å². The van der Waals surface area contributed by atoms with Crippen LogP contribution in [0, 0.1) is 37.1 Å². The summed E-state index contributed by atoms with van der Waals surface area (Å²) >= 11 is 6.00. The van der Waals surface area contributed by atoms with Gasteiger partial charge in [0.2, 0.25) is 0 Å². The first-order chi connectivity index (χ1) is 32.5. The number of carbonyl (C=O) groups is 2. The van der Waals surface area contributed by atoms with Crippen molar-refractivity contribution >= 4 is 45.6 Å². The SMILES string of the molecule is Cc1nc2c(ccn2Cc2ccc(F)cc2)c(-c2ccc(Cl)cc2F)c1C(OC(C)(C)C)C(=O)O.Cc1nc2c(ccn2Cc2ccc(F)cc2)c(-c2ccccc2F)c1C(OC(C)(C)C)C(=O)O. The van der Waals surface area contributed by atoms with Crippen molar-refractivity contribution in [2.45, 2.75) is 91.9 Å². The van der Waals surface area contributed by atoms with E-state index in [1.165, 1.54) is 42.5 Å². The van der Waals surface area contributed by atoms with Crippen molar-refractivity contribution in [1.29, 1.82) is 0 Å². The molecule has 0 bridgehead atoms. The van der Waals surface area contributed by atoms with E-state index in [0.29, 0.717) is 63.2 Å². The maximum atomic E-state index is 15.2. The number of fused-ring (bicyclic) bond motifs is 2. The van der Waals surface area contributed by atoms with E-state index in [9.17, 15) is 28.6 Å². The third-order valence-corrected chi connectivity index (χ3v) is 11.3. The largest absolute Gasteiger partial charge is 0.479 e. The predicted molar refractivity (Wildman–Crippen MR) is 258 cm³/mol. The molecular formula is C54H51ClF4N4O6. The molecule has 4 aromatic heterocycles. The van der Waals surface area contributed by atoms with Gasteiger partial charge in [0.05, 0.1) is 11.2 Å². The quantitative estimate of drug-likeness (QED) is 0.116. The molecule has 2 N–H and O–H groups in total. The number of carboxylic acid groups (broad SMARTS) is 2. The molecule has 8 rings (SSSR count). The van der Waals surface area contributed by atoms with E-state index in [1.807, 2.05) is 15.3 Å². The van der Waals surface area contributed by atoms with E-state index < -0.39 is 47.0 Å². The molecule has 0 saturated heterocycles. The number of aromatic nitrogens is 4. The summed E-state index contributed by atoms with van der Waals surface area (Å²) in [4.78, 5) is 34.1. The highest BCUT2D eigenvalue weighted by Crippen LogP contribution is 2.43. The monoisotopic (exact) mass is 962 g/mol. The standard InChI is InChI=1S/C27H25ClF2N2O3.C27H26F2N2O3/c1-15-22(24(26(33)34)35-27(2,3)4)23(19-10-7-17(28)13-21(19)30)20-11-12-32(25(20)31-15)14-16-5-8-18(29)9-6-16;1-16-22(24(26(32)33)34-27(2,3)4)23(19-7-5-6-8-21(19)29)20-13-14-31(25(20)30-16)15-17-9-11-18(28)12-10-17/h5-13,24H,14H2,1-4H3,(H,33,34);5-14,24H,15H2,1-4H3,(H,32,33). The predicted octanol–water partition coefficient (Wildman–Crippen LogP) is 13.2. The van der Waals surface area contributed by atoms with Gasteiger partial charge in [-0.2, -0.15) is 0 Å².